The molecule has 1 aromatic rings. The highest BCUT2D eigenvalue weighted by atomic mass is 16.5. The number of nitrogens with one attached hydrogen (secondary N) is 1. The first-order valence-electron chi connectivity index (χ1n) is 8.18. The van der Waals surface area contributed by atoms with Crippen LogP contribution in [-0.2, 0) is 11.3 Å². The Labute approximate surface area is 134 Å². The number of hydrogen-bond acceptors (Lipinski definition) is 2. The monoisotopic (exact) mass is 303 g/mol. The summed E-state index contributed by atoms with van der Waals surface area (Å²) in [4.78, 5) is 4.61. The van der Waals surface area contributed by atoms with Crippen LogP contribution in [0.2, 0.25) is 0 Å². The maximum atomic E-state index is 6.09. The van der Waals surface area contributed by atoms with Gasteiger partial charge in [-0.3, -0.25) is 4.99 Å². The molecule has 2 rings (SSSR count). The molecule has 0 amide bonds. The Hall–Kier alpha value is -1.55. The maximum Gasteiger partial charge on any atom is 0.193 e. The number of nitrogens with two attached hydrogens (primary N) is 1. The number of nitrogens with zero attached hydrogens (tertiary/aromatic N) is 1. The van der Waals surface area contributed by atoms with Crippen LogP contribution in [-0.4, -0.2) is 19.6 Å². The molecule has 0 aromatic heterocycles. The van der Waals surface area contributed by atoms with Crippen molar-refractivity contribution >= 4 is 11.6 Å². The van der Waals surface area contributed by atoms with Gasteiger partial charge in [-0.15, -0.1) is 0 Å². The lowest BCUT2D eigenvalue weighted by Crippen LogP contribution is -2.35. The molecule has 0 saturated heterocycles. The molecule has 1 fully saturated rings. The fourth-order valence-corrected chi connectivity index (χ4v) is 3.32. The van der Waals surface area contributed by atoms with Crippen molar-refractivity contribution in [1.29, 1.82) is 0 Å². The first kappa shape index (κ1) is 16.8. The maximum absolute atomic E-state index is 6.09. The van der Waals surface area contributed by atoms with Crippen LogP contribution in [0.3, 0.4) is 0 Å². The van der Waals surface area contributed by atoms with Gasteiger partial charge in [0.2, 0.25) is 0 Å². The van der Waals surface area contributed by atoms with E-state index in [4.69, 9.17) is 10.5 Å². The molecule has 1 aromatic carbocycles. The highest BCUT2D eigenvalue weighted by Gasteiger charge is 2.37. The van der Waals surface area contributed by atoms with Gasteiger partial charge in [0, 0.05) is 24.9 Å². The zero-order chi connectivity index (χ0) is 16.0. The number of para-hydroxylation sites is 1. The van der Waals surface area contributed by atoms with Gasteiger partial charge >= 0.3 is 0 Å². The van der Waals surface area contributed by atoms with Crippen LogP contribution in [0.15, 0.2) is 29.3 Å². The van der Waals surface area contributed by atoms with Crippen LogP contribution >= 0.6 is 0 Å². The summed E-state index contributed by atoms with van der Waals surface area (Å²) in [5, 5.41) is 3.22. The SMILES string of the molecule is COCc1ccccc1NC(N)=NCC1(CC(C)C)CCC1. The fraction of sp³-hybridized carbons (Fsp3) is 0.611. The van der Waals surface area contributed by atoms with E-state index in [1.807, 2.05) is 24.3 Å². The average Bonchev–Trinajstić information content (AvgIpc) is 2.44. The largest absolute Gasteiger partial charge is 0.380 e. The van der Waals surface area contributed by atoms with Crippen molar-refractivity contribution < 1.29 is 4.74 Å². The van der Waals surface area contributed by atoms with Gasteiger partial charge in [0.15, 0.2) is 5.96 Å². The predicted molar refractivity (Wildman–Crippen MR) is 93.0 cm³/mol. The van der Waals surface area contributed by atoms with Gasteiger partial charge in [-0.25, -0.2) is 0 Å². The van der Waals surface area contributed by atoms with Crippen molar-refractivity contribution in [2.75, 3.05) is 19.0 Å². The third-order valence-corrected chi connectivity index (χ3v) is 4.42. The average molecular weight is 303 g/mol. The smallest absolute Gasteiger partial charge is 0.193 e. The summed E-state index contributed by atoms with van der Waals surface area (Å²) in [6.45, 7) is 5.96. The van der Waals surface area contributed by atoms with Crippen molar-refractivity contribution in [2.24, 2.45) is 22.1 Å². The molecule has 0 radical (unpaired) electrons. The third-order valence-electron chi connectivity index (χ3n) is 4.42. The minimum atomic E-state index is 0.381. The molecule has 4 nitrogen and oxygen atoms in total. The summed E-state index contributed by atoms with van der Waals surface area (Å²) in [7, 11) is 1.69. The van der Waals surface area contributed by atoms with Crippen LogP contribution in [0.1, 0.15) is 45.1 Å². The summed E-state index contributed by atoms with van der Waals surface area (Å²) in [5.74, 6) is 1.21. The first-order chi connectivity index (χ1) is 10.5. The number of hydrogen-bond donors (Lipinski definition) is 2. The Morgan fingerprint density at radius 1 is 1.36 bits per heavy atom. The van der Waals surface area contributed by atoms with Crippen LogP contribution in [0.4, 0.5) is 5.69 Å². The second kappa shape index (κ2) is 7.63. The van der Waals surface area contributed by atoms with Gasteiger partial charge in [-0.05, 0) is 36.7 Å². The molecule has 3 N–H and O–H groups in total. The Morgan fingerprint density at radius 3 is 2.68 bits per heavy atom. The summed E-state index contributed by atoms with van der Waals surface area (Å²) < 4.78 is 5.21. The van der Waals surface area contributed by atoms with Gasteiger partial charge in [0.25, 0.3) is 0 Å². The minimum Gasteiger partial charge on any atom is -0.380 e. The molecular formula is C18H29N3O. The van der Waals surface area contributed by atoms with E-state index in [0.29, 0.717) is 23.9 Å². The van der Waals surface area contributed by atoms with Crippen molar-refractivity contribution in [1.82, 2.24) is 0 Å². The lowest BCUT2D eigenvalue weighted by atomic mass is 9.64. The molecule has 22 heavy (non-hydrogen) atoms. The number of methoxy groups -OCH3 is 1. The summed E-state index contributed by atoms with van der Waals surface area (Å²) in [6.07, 6.45) is 5.13. The van der Waals surface area contributed by atoms with Gasteiger partial charge in [0.1, 0.15) is 0 Å². The first-order valence-corrected chi connectivity index (χ1v) is 8.18. The van der Waals surface area contributed by atoms with Crippen LogP contribution in [0, 0.1) is 11.3 Å². The van der Waals surface area contributed by atoms with Crippen molar-refractivity contribution in [3.8, 4) is 0 Å². The summed E-state index contributed by atoms with van der Waals surface area (Å²) in [5.41, 5.74) is 8.52. The van der Waals surface area contributed by atoms with Gasteiger partial charge < -0.3 is 15.8 Å². The van der Waals surface area contributed by atoms with E-state index in [2.05, 4.69) is 24.2 Å². The Bertz CT molecular complexity index is 507. The third kappa shape index (κ3) is 4.47. The van der Waals surface area contributed by atoms with Crippen molar-refractivity contribution in [3.05, 3.63) is 29.8 Å². The molecule has 1 aliphatic rings. The standard InChI is InChI=1S/C18H29N3O/c1-14(2)11-18(9-6-10-18)13-20-17(19)21-16-8-5-4-7-15(16)12-22-3/h4-5,7-8,14H,6,9-13H2,1-3H3,(H3,19,20,21). The molecule has 0 heterocycles. The molecule has 0 atom stereocenters. The summed E-state index contributed by atoms with van der Waals surface area (Å²) in [6, 6.07) is 8.02. The molecule has 122 valence electrons. The van der Waals surface area contributed by atoms with Crippen molar-refractivity contribution in [3.63, 3.8) is 0 Å². The molecule has 0 bridgehead atoms. The zero-order valence-corrected chi connectivity index (χ0v) is 14.1. The van der Waals surface area contributed by atoms with Gasteiger partial charge in [0.05, 0.1) is 6.61 Å². The second-order valence-corrected chi connectivity index (χ2v) is 6.87. The number of anilines is 1. The summed E-state index contributed by atoms with van der Waals surface area (Å²) >= 11 is 0. The van der Waals surface area contributed by atoms with E-state index >= 15 is 0 Å². The molecular weight excluding hydrogens is 274 g/mol. The quantitative estimate of drug-likeness (QED) is 0.595. The Morgan fingerprint density at radius 2 is 2.09 bits per heavy atom. The van der Waals surface area contributed by atoms with Gasteiger partial charge in [-0.1, -0.05) is 38.5 Å². The van der Waals surface area contributed by atoms with E-state index in [-0.39, 0.29) is 0 Å². The Balaban J connectivity index is 1.98. The number of guanidine groups is 1. The minimum absolute atomic E-state index is 0.381. The zero-order valence-electron chi connectivity index (χ0n) is 14.1. The van der Waals surface area contributed by atoms with Crippen LogP contribution < -0.4 is 11.1 Å². The van der Waals surface area contributed by atoms with E-state index in [1.165, 1.54) is 25.7 Å². The van der Waals surface area contributed by atoms with E-state index in [0.717, 1.165) is 17.8 Å². The lowest BCUT2D eigenvalue weighted by molar-refractivity contribution is 0.112. The predicted octanol–water partition coefficient (Wildman–Crippen LogP) is 3.78. The number of benzene rings is 1. The number of rotatable bonds is 7. The topological polar surface area (TPSA) is 59.6 Å². The Kier molecular flexibility index (Phi) is 5.83. The van der Waals surface area contributed by atoms with Gasteiger partial charge in [-0.2, -0.15) is 0 Å². The molecule has 1 aliphatic carbocycles. The number of aliphatic imine (C=N–C) groups is 1. The highest BCUT2D eigenvalue weighted by Crippen LogP contribution is 2.46. The van der Waals surface area contributed by atoms with E-state index < -0.39 is 0 Å². The fourth-order valence-electron chi connectivity index (χ4n) is 3.32. The van der Waals surface area contributed by atoms with Crippen molar-refractivity contribution in [2.45, 2.75) is 46.1 Å². The lowest BCUT2D eigenvalue weighted by Gasteiger charge is -2.42. The normalized spacial score (nSPS) is 17.4. The highest BCUT2D eigenvalue weighted by molar-refractivity contribution is 5.93. The molecule has 0 aliphatic heterocycles. The molecule has 0 unspecified atom stereocenters. The number of ether oxygens (including phenoxy) is 1. The van der Waals surface area contributed by atoms with Crippen LogP contribution in [0.5, 0.6) is 0 Å². The van der Waals surface area contributed by atoms with Crippen LogP contribution in [0.25, 0.3) is 0 Å². The van der Waals surface area contributed by atoms with E-state index in [9.17, 15) is 0 Å². The van der Waals surface area contributed by atoms with E-state index in [1.54, 1.807) is 7.11 Å². The molecule has 0 spiro atoms. The molecule has 1 saturated carbocycles. The molecule has 4 heteroatoms. The second-order valence-electron chi connectivity index (χ2n) is 6.87.